The number of ether oxygens (including phenoxy) is 2. The maximum absolute atomic E-state index is 13.7. The highest BCUT2D eigenvalue weighted by Gasteiger charge is 2.37. The van der Waals surface area contributed by atoms with E-state index < -0.39 is 17.6 Å². The van der Waals surface area contributed by atoms with Crippen LogP contribution >= 0.6 is 0 Å². The molecule has 0 bridgehead atoms. The number of fused-ring (bicyclic) bond motifs is 2. The summed E-state index contributed by atoms with van der Waals surface area (Å²) >= 11 is 0. The lowest BCUT2D eigenvalue weighted by atomic mass is 10.1. The van der Waals surface area contributed by atoms with Gasteiger partial charge >= 0.3 is 6.18 Å². The van der Waals surface area contributed by atoms with Gasteiger partial charge in [0, 0.05) is 23.4 Å². The number of carbonyl (C=O) groups is 1. The maximum Gasteiger partial charge on any atom is 0.417 e. The zero-order valence-corrected chi connectivity index (χ0v) is 16.6. The first kappa shape index (κ1) is 19.7. The summed E-state index contributed by atoms with van der Waals surface area (Å²) in [6, 6.07) is 6.12. The Bertz CT molecular complexity index is 1180. The molecule has 1 amide bonds. The van der Waals surface area contributed by atoms with Crippen LogP contribution in [0.4, 0.5) is 18.9 Å². The molecular weight excluding hydrogens is 413 g/mol. The van der Waals surface area contributed by atoms with E-state index in [9.17, 15) is 18.0 Å². The third-order valence-electron chi connectivity index (χ3n) is 5.32. The molecule has 3 aromatic rings. The zero-order chi connectivity index (χ0) is 21.8. The maximum atomic E-state index is 13.7. The van der Waals surface area contributed by atoms with E-state index in [1.54, 1.807) is 18.2 Å². The van der Waals surface area contributed by atoms with Gasteiger partial charge in [-0.3, -0.25) is 4.79 Å². The van der Waals surface area contributed by atoms with Gasteiger partial charge in [0.25, 0.3) is 0 Å². The Labute approximate surface area is 175 Å². The summed E-state index contributed by atoms with van der Waals surface area (Å²) in [5.41, 5.74) is 0.393. The normalized spacial score (nSPS) is 15.9. The number of aryl methyl sites for hydroxylation is 1. The smallest absolute Gasteiger partial charge is 0.417 e. The fourth-order valence-electron chi connectivity index (χ4n) is 3.75. The number of halogens is 3. The summed E-state index contributed by atoms with van der Waals surface area (Å²) in [6.07, 6.45) is -2.90. The number of aromatic nitrogens is 3. The molecule has 7 nitrogen and oxygen atoms in total. The van der Waals surface area contributed by atoms with Crippen molar-refractivity contribution in [3.63, 3.8) is 0 Å². The zero-order valence-electron chi connectivity index (χ0n) is 16.6. The van der Waals surface area contributed by atoms with Crippen molar-refractivity contribution in [2.45, 2.75) is 38.4 Å². The molecule has 0 spiro atoms. The van der Waals surface area contributed by atoms with Crippen molar-refractivity contribution >= 4 is 22.6 Å². The van der Waals surface area contributed by atoms with Crippen LogP contribution in [0.25, 0.3) is 11.0 Å². The van der Waals surface area contributed by atoms with E-state index in [0.29, 0.717) is 36.1 Å². The van der Waals surface area contributed by atoms with Crippen molar-refractivity contribution in [3.8, 4) is 11.5 Å². The van der Waals surface area contributed by atoms with Gasteiger partial charge in [0.2, 0.25) is 5.91 Å². The number of anilines is 1. The summed E-state index contributed by atoms with van der Waals surface area (Å²) < 4.78 is 53.3. The van der Waals surface area contributed by atoms with Gasteiger partial charge in [-0.15, -0.1) is 0 Å². The third-order valence-corrected chi connectivity index (χ3v) is 5.32. The molecule has 1 aliphatic carbocycles. The van der Waals surface area contributed by atoms with Crippen LogP contribution in [0, 0.1) is 6.92 Å². The molecule has 5 rings (SSSR count). The molecule has 0 saturated heterocycles. The Hall–Kier alpha value is -3.30. The number of amides is 1. The molecule has 31 heavy (non-hydrogen) atoms. The number of rotatable bonds is 4. The number of nitrogens with one attached hydrogen (secondary N) is 1. The predicted octanol–water partition coefficient (Wildman–Crippen LogP) is 4.05. The molecule has 10 heteroatoms. The van der Waals surface area contributed by atoms with E-state index >= 15 is 0 Å². The van der Waals surface area contributed by atoms with Crippen molar-refractivity contribution in [1.82, 2.24) is 14.8 Å². The summed E-state index contributed by atoms with van der Waals surface area (Å²) in [7, 11) is 0. The molecule has 1 aliphatic heterocycles. The van der Waals surface area contributed by atoms with Crippen LogP contribution in [0.5, 0.6) is 11.5 Å². The highest BCUT2D eigenvalue weighted by molar-refractivity contribution is 5.92. The SMILES string of the molecule is Cc1nn(CC(=O)Nc2ccc3c(c2)OCCO3)c2nc(C3CC3)cc(C(F)(F)F)c12. The van der Waals surface area contributed by atoms with E-state index in [-0.39, 0.29) is 29.2 Å². The molecule has 162 valence electrons. The lowest BCUT2D eigenvalue weighted by molar-refractivity contribution is -0.136. The molecule has 0 unspecified atom stereocenters. The van der Waals surface area contributed by atoms with Crippen molar-refractivity contribution < 1.29 is 27.4 Å². The number of hydrogen-bond acceptors (Lipinski definition) is 5. The number of benzene rings is 1. The summed E-state index contributed by atoms with van der Waals surface area (Å²) in [4.78, 5) is 17.1. The van der Waals surface area contributed by atoms with Gasteiger partial charge < -0.3 is 14.8 Å². The van der Waals surface area contributed by atoms with Gasteiger partial charge in [-0.2, -0.15) is 18.3 Å². The van der Waals surface area contributed by atoms with Gasteiger partial charge in [-0.1, -0.05) is 0 Å². The van der Waals surface area contributed by atoms with Crippen molar-refractivity contribution in [2.24, 2.45) is 0 Å². The largest absolute Gasteiger partial charge is 0.486 e. The Kier molecular flexibility index (Phi) is 4.53. The molecule has 0 radical (unpaired) electrons. The van der Waals surface area contributed by atoms with Crippen LogP contribution in [0.2, 0.25) is 0 Å². The minimum Gasteiger partial charge on any atom is -0.486 e. The Morgan fingerprint density at radius 3 is 2.65 bits per heavy atom. The highest BCUT2D eigenvalue weighted by atomic mass is 19.4. The number of hydrogen-bond donors (Lipinski definition) is 1. The number of nitrogens with zero attached hydrogens (tertiary/aromatic N) is 3. The summed E-state index contributed by atoms with van der Waals surface area (Å²) in [5, 5.41) is 6.84. The van der Waals surface area contributed by atoms with E-state index in [4.69, 9.17) is 9.47 Å². The molecule has 1 N–H and O–H groups in total. The first-order valence-corrected chi connectivity index (χ1v) is 9.94. The lowest BCUT2D eigenvalue weighted by Crippen LogP contribution is -2.20. The quantitative estimate of drug-likeness (QED) is 0.673. The first-order chi connectivity index (χ1) is 14.8. The Morgan fingerprint density at radius 2 is 1.94 bits per heavy atom. The fourth-order valence-corrected chi connectivity index (χ4v) is 3.75. The van der Waals surface area contributed by atoms with Crippen LogP contribution < -0.4 is 14.8 Å². The second-order valence-electron chi connectivity index (χ2n) is 7.71. The van der Waals surface area contributed by atoms with E-state index in [1.165, 1.54) is 11.6 Å². The fraction of sp³-hybridized carbons (Fsp3) is 0.381. The Balaban J connectivity index is 1.45. The molecule has 0 atom stereocenters. The van der Waals surface area contributed by atoms with Crippen LogP contribution in [0.3, 0.4) is 0 Å². The van der Waals surface area contributed by atoms with Gasteiger partial charge in [-0.25, -0.2) is 9.67 Å². The molecule has 1 aromatic carbocycles. The van der Waals surface area contributed by atoms with Crippen molar-refractivity contribution in [3.05, 3.63) is 41.2 Å². The standard InChI is InChI=1S/C21H19F3N4O3/c1-11-19-14(21(22,23)24)9-15(12-2-3-12)26-20(19)28(27-11)10-18(29)25-13-4-5-16-17(8-13)31-7-6-30-16/h4-5,8-9,12H,2-3,6-7,10H2,1H3,(H,25,29). The minimum atomic E-state index is -4.53. The van der Waals surface area contributed by atoms with Gasteiger partial charge in [0.1, 0.15) is 19.8 Å². The van der Waals surface area contributed by atoms with Crippen molar-refractivity contribution in [2.75, 3.05) is 18.5 Å². The van der Waals surface area contributed by atoms with E-state index in [0.717, 1.165) is 18.9 Å². The average molecular weight is 432 g/mol. The molecule has 2 aliphatic rings. The van der Waals surface area contributed by atoms with E-state index in [2.05, 4.69) is 15.4 Å². The van der Waals surface area contributed by atoms with Crippen molar-refractivity contribution in [1.29, 1.82) is 0 Å². The average Bonchev–Trinajstić information content (AvgIpc) is 3.52. The molecule has 1 fully saturated rings. The highest BCUT2D eigenvalue weighted by Crippen LogP contribution is 2.43. The van der Waals surface area contributed by atoms with Crippen LogP contribution in [0.1, 0.15) is 35.7 Å². The monoisotopic (exact) mass is 432 g/mol. The van der Waals surface area contributed by atoms with Crippen LogP contribution in [-0.2, 0) is 17.5 Å². The van der Waals surface area contributed by atoms with Gasteiger partial charge in [0.15, 0.2) is 17.1 Å². The summed E-state index contributed by atoms with van der Waals surface area (Å²) in [6.45, 7) is 2.10. The third kappa shape index (κ3) is 3.77. The molecule has 2 aromatic heterocycles. The van der Waals surface area contributed by atoms with E-state index in [1.807, 2.05) is 0 Å². The lowest BCUT2D eigenvalue weighted by Gasteiger charge is -2.19. The predicted molar refractivity (Wildman–Crippen MR) is 105 cm³/mol. The summed E-state index contributed by atoms with van der Waals surface area (Å²) in [5.74, 6) is 0.707. The number of alkyl halides is 3. The van der Waals surface area contributed by atoms with Gasteiger partial charge in [0.05, 0.1) is 16.6 Å². The number of pyridine rings is 1. The topological polar surface area (TPSA) is 78.3 Å². The van der Waals surface area contributed by atoms with Crippen LogP contribution in [-0.4, -0.2) is 33.9 Å². The first-order valence-electron chi connectivity index (χ1n) is 9.94. The molecular formula is C21H19F3N4O3. The second kappa shape index (κ2) is 7.14. The van der Waals surface area contributed by atoms with Crippen LogP contribution in [0.15, 0.2) is 24.3 Å². The second-order valence-corrected chi connectivity index (χ2v) is 7.71. The Morgan fingerprint density at radius 1 is 1.19 bits per heavy atom. The minimum absolute atomic E-state index is 0.0284. The van der Waals surface area contributed by atoms with Gasteiger partial charge in [-0.05, 0) is 38.0 Å². The number of carbonyl (C=O) groups excluding carboxylic acids is 1. The molecule has 3 heterocycles. The molecule has 1 saturated carbocycles.